The third-order valence-corrected chi connectivity index (χ3v) is 5.61. The van der Waals surface area contributed by atoms with Crippen molar-refractivity contribution >= 4 is 5.91 Å². The standard InChI is InChI=1S/C18H26N4O/c23-18(17-15-11-19-8-6-16(15)20-21-17)22-9-7-14(12-22)10-13-4-2-1-3-5-13/h1-5,14-17,19-21H,6-12H2. The Hall–Kier alpha value is -1.43. The fourth-order valence-corrected chi connectivity index (χ4v) is 4.30. The molecule has 0 radical (unpaired) electrons. The lowest BCUT2D eigenvalue weighted by Gasteiger charge is -2.29. The molecule has 4 rings (SSSR count). The topological polar surface area (TPSA) is 56.4 Å². The van der Waals surface area contributed by atoms with Gasteiger partial charge in [0.1, 0.15) is 6.04 Å². The first-order chi connectivity index (χ1) is 11.3. The molecule has 3 saturated heterocycles. The number of carbonyl (C=O) groups is 1. The third kappa shape index (κ3) is 3.13. The Morgan fingerprint density at radius 2 is 2.04 bits per heavy atom. The molecule has 4 unspecified atom stereocenters. The van der Waals surface area contributed by atoms with Crippen LogP contribution in [-0.2, 0) is 11.2 Å². The van der Waals surface area contributed by atoms with Crippen molar-refractivity contribution in [2.75, 3.05) is 26.2 Å². The summed E-state index contributed by atoms with van der Waals surface area (Å²) in [4.78, 5) is 15.0. The normalized spacial score (nSPS) is 33.7. The van der Waals surface area contributed by atoms with Crippen LogP contribution in [0.2, 0.25) is 0 Å². The van der Waals surface area contributed by atoms with Crippen molar-refractivity contribution in [3.63, 3.8) is 0 Å². The summed E-state index contributed by atoms with van der Waals surface area (Å²) in [7, 11) is 0. The summed E-state index contributed by atoms with van der Waals surface area (Å²) in [5.41, 5.74) is 7.96. The first-order valence-corrected chi connectivity index (χ1v) is 8.86. The summed E-state index contributed by atoms with van der Waals surface area (Å²) in [6, 6.07) is 11.0. The van der Waals surface area contributed by atoms with Crippen LogP contribution in [0.4, 0.5) is 0 Å². The molecule has 3 aliphatic rings. The fraction of sp³-hybridized carbons (Fsp3) is 0.611. The molecule has 5 heteroatoms. The van der Waals surface area contributed by atoms with Gasteiger partial charge in [-0.3, -0.25) is 10.2 Å². The fourth-order valence-electron chi connectivity index (χ4n) is 4.30. The molecule has 4 atom stereocenters. The monoisotopic (exact) mass is 314 g/mol. The van der Waals surface area contributed by atoms with Crippen LogP contribution in [0.1, 0.15) is 18.4 Å². The minimum atomic E-state index is -0.0664. The summed E-state index contributed by atoms with van der Waals surface area (Å²) < 4.78 is 0. The number of nitrogens with zero attached hydrogens (tertiary/aromatic N) is 1. The smallest absolute Gasteiger partial charge is 0.241 e. The highest BCUT2D eigenvalue weighted by Gasteiger charge is 2.43. The molecular formula is C18H26N4O. The van der Waals surface area contributed by atoms with Crippen LogP contribution in [0.15, 0.2) is 30.3 Å². The van der Waals surface area contributed by atoms with E-state index < -0.39 is 0 Å². The van der Waals surface area contributed by atoms with Crippen LogP contribution < -0.4 is 16.2 Å². The van der Waals surface area contributed by atoms with Crippen molar-refractivity contribution in [3.8, 4) is 0 Å². The Balaban J connectivity index is 1.35. The second-order valence-electron chi connectivity index (χ2n) is 7.16. The van der Waals surface area contributed by atoms with Crippen LogP contribution in [0.25, 0.3) is 0 Å². The molecule has 3 fully saturated rings. The second-order valence-corrected chi connectivity index (χ2v) is 7.16. The number of hydrogen-bond acceptors (Lipinski definition) is 4. The summed E-state index contributed by atoms with van der Waals surface area (Å²) in [6.45, 7) is 3.78. The molecule has 0 bridgehead atoms. The zero-order valence-corrected chi connectivity index (χ0v) is 13.5. The summed E-state index contributed by atoms with van der Waals surface area (Å²) in [5, 5.41) is 3.42. The number of carbonyl (C=O) groups excluding carboxylic acids is 1. The summed E-state index contributed by atoms with van der Waals surface area (Å²) >= 11 is 0. The quantitative estimate of drug-likeness (QED) is 0.762. The highest BCUT2D eigenvalue weighted by atomic mass is 16.2. The zero-order chi connectivity index (χ0) is 15.6. The van der Waals surface area contributed by atoms with Crippen LogP contribution in [0.3, 0.4) is 0 Å². The van der Waals surface area contributed by atoms with Crippen molar-refractivity contribution in [1.29, 1.82) is 0 Å². The van der Waals surface area contributed by atoms with E-state index in [2.05, 4.69) is 51.4 Å². The van der Waals surface area contributed by atoms with Gasteiger partial charge in [0.05, 0.1) is 0 Å². The average molecular weight is 314 g/mol. The van der Waals surface area contributed by atoms with Crippen molar-refractivity contribution in [2.24, 2.45) is 11.8 Å². The van der Waals surface area contributed by atoms with Gasteiger partial charge in [-0.2, -0.15) is 0 Å². The number of hydrazine groups is 1. The van der Waals surface area contributed by atoms with Gasteiger partial charge < -0.3 is 10.2 Å². The average Bonchev–Trinajstić information content (AvgIpc) is 3.22. The van der Waals surface area contributed by atoms with Crippen LogP contribution in [0, 0.1) is 11.8 Å². The van der Waals surface area contributed by atoms with Crippen molar-refractivity contribution in [2.45, 2.75) is 31.3 Å². The first kappa shape index (κ1) is 15.1. The lowest BCUT2D eigenvalue weighted by molar-refractivity contribution is -0.133. The van der Waals surface area contributed by atoms with Crippen molar-refractivity contribution < 1.29 is 4.79 Å². The molecule has 5 nitrogen and oxygen atoms in total. The number of piperidine rings is 1. The molecule has 1 aromatic carbocycles. The highest BCUT2D eigenvalue weighted by molar-refractivity contribution is 5.83. The van der Waals surface area contributed by atoms with Crippen molar-refractivity contribution in [3.05, 3.63) is 35.9 Å². The summed E-state index contributed by atoms with van der Waals surface area (Å²) in [6.07, 6.45) is 3.29. The van der Waals surface area contributed by atoms with Gasteiger partial charge in [-0.05, 0) is 37.3 Å². The molecule has 23 heavy (non-hydrogen) atoms. The van der Waals surface area contributed by atoms with Gasteiger partial charge in [0.2, 0.25) is 5.91 Å². The number of amides is 1. The Morgan fingerprint density at radius 3 is 2.91 bits per heavy atom. The van der Waals surface area contributed by atoms with E-state index in [1.165, 1.54) is 5.56 Å². The number of rotatable bonds is 3. The van der Waals surface area contributed by atoms with Gasteiger partial charge >= 0.3 is 0 Å². The van der Waals surface area contributed by atoms with Gasteiger partial charge in [0, 0.05) is 31.6 Å². The number of hydrogen-bond donors (Lipinski definition) is 3. The highest BCUT2D eigenvalue weighted by Crippen LogP contribution is 2.25. The number of likely N-dealkylation sites (tertiary alicyclic amines) is 1. The van der Waals surface area contributed by atoms with E-state index in [1.54, 1.807) is 0 Å². The maximum Gasteiger partial charge on any atom is 0.241 e. The van der Waals surface area contributed by atoms with Crippen molar-refractivity contribution in [1.82, 2.24) is 21.1 Å². The Morgan fingerprint density at radius 1 is 1.17 bits per heavy atom. The lowest BCUT2D eigenvalue weighted by Crippen LogP contribution is -2.50. The van der Waals surface area contributed by atoms with E-state index >= 15 is 0 Å². The number of fused-ring (bicyclic) bond motifs is 1. The molecule has 1 aromatic rings. The number of nitrogens with one attached hydrogen (secondary N) is 3. The predicted molar refractivity (Wildman–Crippen MR) is 89.7 cm³/mol. The largest absolute Gasteiger partial charge is 0.341 e. The number of benzene rings is 1. The first-order valence-electron chi connectivity index (χ1n) is 8.86. The van der Waals surface area contributed by atoms with Crippen LogP contribution in [0.5, 0.6) is 0 Å². The van der Waals surface area contributed by atoms with E-state index in [0.717, 1.165) is 45.4 Å². The predicted octanol–water partition coefficient (Wildman–Crippen LogP) is 0.532. The molecule has 3 heterocycles. The van der Waals surface area contributed by atoms with E-state index in [1.807, 2.05) is 0 Å². The molecule has 0 saturated carbocycles. The SMILES string of the molecule is O=C(C1NNC2CCNCC21)N1CCC(Cc2ccccc2)C1. The molecule has 0 aliphatic carbocycles. The van der Waals surface area contributed by atoms with Crippen LogP contribution >= 0.6 is 0 Å². The zero-order valence-electron chi connectivity index (χ0n) is 13.5. The van der Waals surface area contributed by atoms with Gasteiger partial charge in [0.25, 0.3) is 0 Å². The molecule has 0 aromatic heterocycles. The lowest BCUT2D eigenvalue weighted by atomic mass is 9.89. The minimum absolute atomic E-state index is 0.0664. The molecule has 0 spiro atoms. The summed E-state index contributed by atoms with van der Waals surface area (Å²) in [5.74, 6) is 1.25. The van der Waals surface area contributed by atoms with E-state index in [4.69, 9.17) is 0 Å². The molecule has 1 amide bonds. The molecular weight excluding hydrogens is 288 g/mol. The Bertz CT molecular complexity index is 549. The Kier molecular flexibility index (Phi) is 4.33. The second kappa shape index (κ2) is 6.59. The maximum absolute atomic E-state index is 12.9. The van der Waals surface area contributed by atoms with Crippen LogP contribution in [-0.4, -0.2) is 49.1 Å². The van der Waals surface area contributed by atoms with Gasteiger partial charge in [0.15, 0.2) is 0 Å². The van der Waals surface area contributed by atoms with Gasteiger partial charge in [-0.15, -0.1) is 0 Å². The third-order valence-electron chi connectivity index (χ3n) is 5.61. The van der Waals surface area contributed by atoms with E-state index in [9.17, 15) is 4.79 Å². The van der Waals surface area contributed by atoms with Gasteiger partial charge in [-0.25, -0.2) is 5.43 Å². The molecule has 3 aliphatic heterocycles. The van der Waals surface area contributed by atoms with E-state index in [-0.39, 0.29) is 11.9 Å². The minimum Gasteiger partial charge on any atom is -0.341 e. The maximum atomic E-state index is 12.9. The molecule has 3 N–H and O–H groups in total. The molecule has 124 valence electrons. The van der Waals surface area contributed by atoms with E-state index in [0.29, 0.717) is 17.9 Å². The Labute approximate surface area is 137 Å². The van der Waals surface area contributed by atoms with Gasteiger partial charge in [-0.1, -0.05) is 30.3 Å².